The molecule has 140 valence electrons. The highest BCUT2D eigenvalue weighted by Gasteiger charge is 2.30. The number of nitrogens with zero attached hydrogens (tertiary/aromatic N) is 2. The Morgan fingerprint density at radius 3 is 2.96 bits per heavy atom. The van der Waals surface area contributed by atoms with Gasteiger partial charge in [0.1, 0.15) is 4.90 Å². The van der Waals surface area contributed by atoms with E-state index < -0.39 is 10.0 Å². The molecule has 0 radical (unpaired) electrons. The standard InChI is InChI=1S/C18H24N4O3S/c23-26(24,18-12-20-22-8-7-19-11-17(18)22)21-16(10-14-6-9-25-13-14)15-4-2-1-3-5-15/h1-5,12,14,16,19,21H,6-11,13H2. The molecule has 0 amide bonds. The minimum atomic E-state index is -3.66. The van der Waals surface area contributed by atoms with Crippen LogP contribution in [0.15, 0.2) is 41.4 Å². The Hall–Kier alpha value is -1.74. The molecule has 26 heavy (non-hydrogen) atoms. The van der Waals surface area contributed by atoms with Crippen molar-refractivity contribution in [1.29, 1.82) is 0 Å². The predicted molar refractivity (Wildman–Crippen MR) is 97.0 cm³/mol. The zero-order valence-corrected chi connectivity index (χ0v) is 15.4. The predicted octanol–water partition coefficient (Wildman–Crippen LogP) is 1.43. The van der Waals surface area contributed by atoms with Gasteiger partial charge in [0.05, 0.1) is 18.4 Å². The molecule has 2 unspecified atom stereocenters. The smallest absolute Gasteiger partial charge is 0.244 e. The van der Waals surface area contributed by atoms with E-state index >= 15 is 0 Å². The van der Waals surface area contributed by atoms with Crippen molar-refractivity contribution in [3.8, 4) is 0 Å². The molecule has 3 heterocycles. The molecule has 8 heteroatoms. The van der Waals surface area contributed by atoms with Crippen LogP contribution in [0.4, 0.5) is 0 Å². The van der Waals surface area contributed by atoms with Crippen LogP contribution in [0.25, 0.3) is 0 Å². The van der Waals surface area contributed by atoms with E-state index in [1.165, 1.54) is 6.20 Å². The molecule has 4 rings (SSSR count). The lowest BCUT2D eigenvalue weighted by Crippen LogP contribution is -2.33. The quantitative estimate of drug-likeness (QED) is 0.797. The Bertz CT molecular complexity index is 845. The van der Waals surface area contributed by atoms with Gasteiger partial charge in [0, 0.05) is 32.3 Å². The second-order valence-corrected chi connectivity index (χ2v) is 8.59. The number of aromatic nitrogens is 2. The summed E-state index contributed by atoms with van der Waals surface area (Å²) in [5.74, 6) is 0.366. The molecular formula is C18H24N4O3S. The molecule has 2 aromatic rings. The Balaban J connectivity index is 1.60. The summed E-state index contributed by atoms with van der Waals surface area (Å²) in [7, 11) is -3.66. The summed E-state index contributed by atoms with van der Waals surface area (Å²) >= 11 is 0. The average molecular weight is 376 g/mol. The highest BCUT2D eigenvalue weighted by atomic mass is 32.2. The second kappa shape index (κ2) is 7.48. The number of sulfonamides is 1. The van der Waals surface area contributed by atoms with Gasteiger partial charge in [0.15, 0.2) is 0 Å². The van der Waals surface area contributed by atoms with Crippen LogP contribution in [0.5, 0.6) is 0 Å². The van der Waals surface area contributed by atoms with Gasteiger partial charge in [-0.2, -0.15) is 5.10 Å². The molecule has 0 saturated carbocycles. The lowest BCUT2D eigenvalue weighted by Gasteiger charge is -2.22. The third-order valence-corrected chi connectivity index (χ3v) is 6.60. The van der Waals surface area contributed by atoms with Gasteiger partial charge in [-0.15, -0.1) is 0 Å². The zero-order chi connectivity index (χ0) is 18.0. The maximum atomic E-state index is 13.1. The highest BCUT2D eigenvalue weighted by molar-refractivity contribution is 7.89. The number of ether oxygens (including phenoxy) is 1. The van der Waals surface area contributed by atoms with Gasteiger partial charge in [-0.3, -0.25) is 4.68 Å². The summed E-state index contributed by atoms with van der Waals surface area (Å²) in [6.45, 7) is 3.45. The van der Waals surface area contributed by atoms with Crippen LogP contribution in [0.2, 0.25) is 0 Å². The van der Waals surface area contributed by atoms with Gasteiger partial charge in [-0.1, -0.05) is 30.3 Å². The topological polar surface area (TPSA) is 85.2 Å². The van der Waals surface area contributed by atoms with Crippen molar-refractivity contribution >= 4 is 10.0 Å². The van der Waals surface area contributed by atoms with E-state index in [1.54, 1.807) is 4.68 Å². The van der Waals surface area contributed by atoms with E-state index in [4.69, 9.17) is 4.74 Å². The maximum Gasteiger partial charge on any atom is 0.244 e. The number of nitrogens with one attached hydrogen (secondary N) is 2. The number of rotatable bonds is 6. The van der Waals surface area contributed by atoms with Crippen LogP contribution >= 0.6 is 0 Å². The van der Waals surface area contributed by atoms with E-state index in [0.29, 0.717) is 25.6 Å². The molecule has 1 fully saturated rings. The summed E-state index contributed by atoms with van der Waals surface area (Å²) in [4.78, 5) is 0.272. The molecule has 2 aliphatic rings. The van der Waals surface area contributed by atoms with Crippen molar-refractivity contribution in [2.75, 3.05) is 19.8 Å². The molecule has 1 saturated heterocycles. The first-order valence-corrected chi connectivity index (χ1v) is 10.5. The maximum absolute atomic E-state index is 13.1. The van der Waals surface area contributed by atoms with Crippen LogP contribution in [0.3, 0.4) is 0 Å². The first kappa shape index (κ1) is 17.7. The van der Waals surface area contributed by atoms with E-state index in [0.717, 1.165) is 37.3 Å². The van der Waals surface area contributed by atoms with Crippen molar-refractivity contribution < 1.29 is 13.2 Å². The summed E-state index contributed by atoms with van der Waals surface area (Å²) in [5, 5.41) is 7.46. The third kappa shape index (κ3) is 3.68. The summed E-state index contributed by atoms with van der Waals surface area (Å²) in [6, 6.07) is 9.48. The molecule has 1 aromatic heterocycles. The first-order valence-electron chi connectivity index (χ1n) is 9.04. The van der Waals surface area contributed by atoms with Gasteiger partial charge in [0.25, 0.3) is 0 Å². The van der Waals surface area contributed by atoms with E-state index in [1.807, 2.05) is 30.3 Å². The van der Waals surface area contributed by atoms with E-state index in [-0.39, 0.29) is 10.9 Å². The SMILES string of the molecule is O=S(=O)(NC(CC1CCOC1)c1ccccc1)c1cnn2c1CNCC2. The molecule has 0 aliphatic carbocycles. The summed E-state index contributed by atoms with van der Waals surface area (Å²) in [5.41, 5.74) is 1.70. The number of hydrogen-bond acceptors (Lipinski definition) is 5. The lowest BCUT2D eigenvalue weighted by molar-refractivity contribution is 0.182. The van der Waals surface area contributed by atoms with Gasteiger partial charge >= 0.3 is 0 Å². The second-order valence-electron chi connectivity index (χ2n) is 6.91. The molecule has 0 spiro atoms. The average Bonchev–Trinajstić information content (AvgIpc) is 3.31. The Kier molecular flexibility index (Phi) is 5.08. The molecule has 0 bridgehead atoms. The Morgan fingerprint density at radius 2 is 2.19 bits per heavy atom. The molecule has 7 nitrogen and oxygen atoms in total. The highest BCUT2D eigenvalue weighted by Crippen LogP contribution is 2.29. The van der Waals surface area contributed by atoms with Crippen molar-refractivity contribution in [2.45, 2.75) is 36.9 Å². The van der Waals surface area contributed by atoms with Crippen LogP contribution < -0.4 is 10.0 Å². The molecule has 2 atom stereocenters. The summed E-state index contributed by atoms with van der Waals surface area (Å²) in [6.07, 6.45) is 3.16. The fraction of sp³-hybridized carbons (Fsp3) is 0.500. The van der Waals surface area contributed by atoms with Crippen molar-refractivity contribution in [2.24, 2.45) is 5.92 Å². The van der Waals surface area contributed by atoms with E-state index in [2.05, 4.69) is 15.1 Å². The van der Waals surface area contributed by atoms with E-state index in [9.17, 15) is 8.42 Å². The summed E-state index contributed by atoms with van der Waals surface area (Å²) < 4.78 is 36.4. The molecular weight excluding hydrogens is 352 g/mol. The monoisotopic (exact) mass is 376 g/mol. The van der Waals surface area contributed by atoms with Crippen molar-refractivity contribution in [3.63, 3.8) is 0 Å². The molecule has 2 N–H and O–H groups in total. The van der Waals surface area contributed by atoms with Crippen molar-refractivity contribution in [1.82, 2.24) is 19.8 Å². The normalized spacial score (nSPS) is 21.5. The number of benzene rings is 1. The zero-order valence-electron chi connectivity index (χ0n) is 14.6. The number of hydrogen-bond donors (Lipinski definition) is 2. The van der Waals surface area contributed by atoms with Crippen molar-refractivity contribution in [3.05, 3.63) is 47.8 Å². The van der Waals surface area contributed by atoms with Crippen LogP contribution in [0.1, 0.15) is 30.1 Å². The van der Waals surface area contributed by atoms with Gasteiger partial charge in [0.2, 0.25) is 10.0 Å². The third-order valence-electron chi connectivity index (χ3n) is 5.09. The minimum Gasteiger partial charge on any atom is -0.381 e. The van der Waals surface area contributed by atoms with Crippen LogP contribution in [0, 0.1) is 5.92 Å². The first-order chi connectivity index (χ1) is 12.6. The van der Waals surface area contributed by atoms with Crippen LogP contribution in [-0.2, 0) is 27.8 Å². The van der Waals surface area contributed by atoms with Gasteiger partial charge in [-0.25, -0.2) is 13.1 Å². The molecule has 2 aliphatic heterocycles. The molecule has 1 aromatic carbocycles. The fourth-order valence-electron chi connectivity index (χ4n) is 3.67. The Labute approximate surface area is 153 Å². The van der Waals surface area contributed by atoms with Gasteiger partial charge < -0.3 is 10.1 Å². The Morgan fingerprint density at radius 1 is 1.35 bits per heavy atom. The largest absolute Gasteiger partial charge is 0.381 e. The van der Waals surface area contributed by atoms with Crippen LogP contribution in [-0.4, -0.2) is 38.0 Å². The fourth-order valence-corrected chi connectivity index (χ4v) is 5.08. The van der Waals surface area contributed by atoms with Gasteiger partial charge in [-0.05, 0) is 24.3 Å². The minimum absolute atomic E-state index is 0.272. The lowest BCUT2D eigenvalue weighted by atomic mass is 9.95. The number of fused-ring (bicyclic) bond motifs is 1.